The first kappa shape index (κ1) is 14.3. The van der Waals surface area contributed by atoms with Crippen LogP contribution in [0.15, 0.2) is 40.9 Å². The Bertz CT molecular complexity index is 604. The van der Waals surface area contributed by atoms with E-state index in [1.165, 1.54) is 6.07 Å². The molecule has 2 N–H and O–H groups in total. The predicted molar refractivity (Wildman–Crippen MR) is 78.2 cm³/mol. The molecule has 5 heteroatoms. The van der Waals surface area contributed by atoms with Gasteiger partial charge in [0.15, 0.2) is 11.6 Å². The maximum atomic E-state index is 13.6. The van der Waals surface area contributed by atoms with E-state index in [9.17, 15) is 4.39 Å². The van der Waals surface area contributed by atoms with E-state index >= 15 is 0 Å². The number of halogens is 3. The fraction of sp³-hybridized carbons (Fsp3) is 0.143. The van der Waals surface area contributed by atoms with Crippen molar-refractivity contribution in [3.8, 4) is 11.5 Å². The van der Waals surface area contributed by atoms with Crippen LogP contribution in [0.2, 0.25) is 5.02 Å². The number of nitrogens with two attached hydrogens (primary N) is 1. The molecule has 0 amide bonds. The molecule has 0 spiro atoms. The van der Waals surface area contributed by atoms with Crippen LogP contribution in [0.1, 0.15) is 18.5 Å². The zero-order valence-corrected chi connectivity index (χ0v) is 12.5. The average Bonchev–Trinajstić information content (AvgIpc) is 2.36. The van der Waals surface area contributed by atoms with Crippen LogP contribution in [-0.2, 0) is 0 Å². The molecule has 0 aliphatic heterocycles. The van der Waals surface area contributed by atoms with Gasteiger partial charge in [0.1, 0.15) is 5.75 Å². The Morgan fingerprint density at radius 2 is 1.95 bits per heavy atom. The first-order valence-electron chi connectivity index (χ1n) is 5.65. The third kappa shape index (κ3) is 3.47. The molecule has 1 atom stereocenters. The summed E-state index contributed by atoms with van der Waals surface area (Å²) in [6.07, 6.45) is 0. The van der Waals surface area contributed by atoms with Gasteiger partial charge < -0.3 is 10.5 Å². The molecule has 2 aromatic rings. The molecule has 0 bridgehead atoms. The van der Waals surface area contributed by atoms with Gasteiger partial charge in [-0.1, -0.05) is 33.6 Å². The standard InChI is InChI=1S/C14H12BrClFNO/c1-8(18)9-2-5-13(11(16)6-9)19-14-7-10(15)3-4-12(14)17/h2-8H,18H2,1H3/t8-/m1/s1. The highest BCUT2D eigenvalue weighted by Crippen LogP contribution is 2.33. The number of hydrogen-bond donors (Lipinski definition) is 1. The van der Waals surface area contributed by atoms with Gasteiger partial charge in [-0.25, -0.2) is 4.39 Å². The lowest BCUT2D eigenvalue weighted by Crippen LogP contribution is -2.04. The van der Waals surface area contributed by atoms with Crippen molar-refractivity contribution in [3.05, 3.63) is 57.3 Å². The summed E-state index contributed by atoms with van der Waals surface area (Å²) in [5.74, 6) is 0.0587. The summed E-state index contributed by atoms with van der Waals surface area (Å²) < 4.78 is 19.8. The number of hydrogen-bond acceptors (Lipinski definition) is 2. The molecular formula is C14H12BrClFNO. The van der Waals surface area contributed by atoms with Gasteiger partial charge in [-0.05, 0) is 42.8 Å². The van der Waals surface area contributed by atoms with E-state index < -0.39 is 5.82 Å². The number of ether oxygens (including phenoxy) is 1. The SMILES string of the molecule is C[C@@H](N)c1ccc(Oc2cc(Br)ccc2F)c(Cl)c1. The molecule has 19 heavy (non-hydrogen) atoms. The van der Waals surface area contributed by atoms with Gasteiger partial charge >= 0.3 is 0 Å². The topological polar surface area (TPSA) is 35.2 Å². The smallest absolute Gasteiger partial charge is 0.165 e. The summed E-state index contributed by atoms with van der Waals surface area (Å²) in [6, 6.07) is 9.56. The van der Waals surface area contributed by atoms with E-state index in [1.807, 2.05) is 13.0 Å². The van der Waals surface area contributed by atoms with Crippen LogP contribution in [0.25, 0.3) is 0 Å². The second kappa shape index (κ2) is 5.90. The van der Waals surface area contributed by atoms with Crippen LogP contribution < -0.4 is 10.5 Å². The molecule has 0 saturated carbocycles. The summed E-state index contributed by atoms with van der Waals surface area (Å²) in [4.78, 5) is 0. The summed E-state index contributed by atoms with van der Waals surface area (Å²) in [6.45, 7) is 1.86. The first-order chi connectivity index (χ1) is 8.97. The largest absolute Gasteiger partial charge is 0.453 e. The summed E-state index contributed by atoms with van der Waals surface area (Å²) in [7, 11) is 0. The fourth-order valence-electron chi connectivity index (χ4n) is 1.56. The molecule has 0 aliphatic rings. The molecule has 0 fully saturated rings. The average molecular weight is 345 g/mol. The van der Waals surface area contributed by atoms with Crippen molar-refractivity contribution >= 4 is 27.5 Å². The minimum Gasteiger partial charge on any atom is -0.453 e. The molecule has 0 heterocycles. The van der Waals surface area contributed by atoms with Crippen LogP contribution in [-0.4, -0.2) is 0 Å². The highest BCUT2D eigenvalue weighted by atomic mass is 79.9. The minimum absolute atomic E-state index is 0.116. The first-order valence-corrected chi connectivity index (χ1v) is 6.82. The van der Waals surface area contributed by atoms with Crippen molar-refractivity contribution in [2.75, 3.05) is 0 Å². The Labute approximate surface area is 124 Å². The van der Waals surface area contributed by atoms with E-state index in [2.05, 4.69) is 15.9 Å². The minimum atomic E-state index is -0.449. The third-order valence-electron chi connectivity index (χ3n) is 2.59. The van der Waals surface area contributed by atoms with Gasteiger partial charge in [-0.15, -0.1) is 0 Å². The quantitative estimate of drug-likeness (QED) is 0.845. The Hall–Kier alpha value is -1.10. The molecule has 0 radical (unpaired) electrons. The van der Waals surface area contributed by atoms with Crippen LogP contribution in [0.5, 0.6) is 11.5 Å². The molecule has 0 aliphatic carbocycles. The van der Waals surface area contributed by atoms with E-state index in [1.54, 1.807) is 24.3 Å². The van der Waals surface area contributed by atoms with E-state index in [4.69, 9.17) is 22.1 Å². The van der Waals surface area contributed by atoms with Crippen molar-refractivity contribution < 1.29 is 9.13 Å². The van der Waals surface area contributed by atoms with E-state index in [-0.39, 0.29) is 11.8 Å². The van der Waals surface area contributed by atoms with E-state index in [0.717, 1.165) is 10.0 Å². The second-order valence-electron chi connectivity index (χ2n) is 4.16. The Morgan fingerprint density at radius 3 is 2.58 bits per heavy atom. The molecule has 2 nitrogen and oxygen atoms in total. The molecule has 2 rings (SSSR count). The summed E-state index contributed by atoms with van der Waals surface area (Å²) >= 11 is 9.36. The van der Waals surface area contributed by atoms with Crippen LogP contribution in [0.3, 0.4) is 0 Å². The van der Waals surface area contributed by atoms with Gasteiger partial charge in [-0.3, -0.25) is 0 Å². The maximum Gasteiger partial charge on any atom is 0.165 e. The second-order valence-corrected chi connectivity index (χ2v) is 5.48. The molecular weight excluding hydrogens is 333 g/mol. The van der Waals surface area contributed by atoms with Crippen LogP contribution in [0.4, 0.5) is 4.39 Å². The van der Waals surface area contributed by atoms with E-state index in [0.29, 0.717) is 10.8 Å². The normalized spacial score (nSPS) is 12.3. The van der Waals surface area contributed by atoms with Crippen molar-refractivity contribution in [1.82, 2.24) is 0 Å². The van der Waals surface area contributed by atoms with Gasteiger partial charge in [-0.2, -0.15) is 0 Å². The van der Waals surface area contributed by atoms with Crippen LogP contribution >= 0.6 is 27.5 Å². The Morgan fingerprint density at radius 1 is 1.21 bits per heavy atom. The van der Waals surface area contributed by atoms with Crippen molar-refractivity contribution in [1.29, 1.82) is 0 Å². The predicted octanol–water partition coefficient (Wildman–Crippen LogP) is 5.05. The lowest BCUT2D eigenvalue weighted by molar-refractivity contribution is 0.442. The monoisotopic (exact) mass is 343 g/mol. The van der Waals surface area contributed by atoms with Crippen molar-refractivity contribution in [2.24, 2.45) is 5.73 Å². The molecule has 2 aromatic carbocycles. The zero-order chi connectivity index (χ0) is 14.0. The Kier molecular flexibility index (Phi) is 4.45. The Balaban J connectivity index is 2.31. The zero-order valence-electron chi connectivity index (χ0n) is 10.2. The van der Waals surface area contributed by atoms with Crippen molar-refractivity contribution in [3.63, 3.8) is 0 Å². The summed E-state index contributed by atoms with van der Waals surface area (Å²) in [5, 5.41) is 0.397. The highest BCUT2D eigenvalue weighted by Gasteiger charge is 2.10. The van der Waals surface area contributed by atoms with Gasteiger partial charge in [0.2, 0.25) is 0 Å². The van der Waals surface area contributed by atoms with Gasteiger partial charge in [0.05, 0.1) is 5.02 Å². The lowest BCUT2D eigenvalue weighted by atomic mass is 10.1. The lowest BCUT2D eigenvalue weighted by Gasteiger charge is -2.11. The highest BCUT2D eigenvalue weighted by molar-refractivity contribution is 9.10. The van der Waals surface area contributed by atoms with Gasteiger partial charge in [0.25, 0.3) is 0 Å². The summed E-state index contributed by atoms with van der Waals surface area (Å²) in [5.41, 5.74) is 6.66. The molecule has 0 unspecified atom stereocenters. The number of benzene rings is 2. The molecule has 100 valence electrons. The van der Waals surface area contributed by atoms with Crippen molar-refractivity contribution in [2.45, 2.75) is 13.0 Å². The van der Waals surface area contributed by atoms with Gasteiger partial charge in [0, 0.05) is 10.5 Å². The maximum absolute atomic E-state index is 13.6. The number of rotatable bonds is 3. The van der Waals surface area contributed by atoms with Crippen LogP contribution in [0, 0.1) is 5.82 Å². The molecule has 0 saturated heterocycles. The third-order valence-corrected chi connectivity index (χ3v) is 3.38. The fourth-order valence-corrected chi connectivity index (χ4v) is 2.12. The molecule has 0 aromatic heterocycles.